The highest BCUT2D eigenvalue weighted by molar-refractivity contribution is 7.98. The first-order chi connectivity index (χ1) is 8.41. The number of rotatable bonds is 14. The van der Waals surface area contributed by atoms with E-state index in [1.807, 2.05) is 11.8 Å². The van der Waals surface area contributed by atoms with Gasteiger partial charge in [-0.1, -0.05) is 64.7 Å². The van der Waals surface area contributed by atoms with Gasteiger partial charge in [0.25, 0.3) is 0 Å². The highest BCUT2D eigenvalue weighted by atomic mass is 32.2. The maximum atomic E-state index is 3.49. The minimum absolute atomic E-state index is 1.18. The van der Waals surface area contributed by atoms with Crippen molar-refractivity contribution in [3.8, 4) is 0 Å². The Morgan fingerprint density at radius 3 is 1.76 bits per heavy atom. The Balaban J connectivity index is 2.85. The van der Waals surface area contributed by atoms with E-state index in [-0.39, 0.29) is 0 Å². The van der Waals surface area contributed by atoms with Crippen molar-refractivity contribution in [3.63, 3.8) is 0 Å². The summed E-state index contributed by atoms with van der Waals surface area (Å²) in [6, 6.07) is 0. The van der Waals surface area contributed by atoms with Crippen LogP contribution in [0.5, 0.6) is 0 Å². The average molecular weight is 260 g/mol. The summed E-state index contributed by atoms with van der Waals surface area (Å²) in [4.78, 5) is 0. The summed E-state index contributed by atoms with van der Waals surface area (Å²) in [6.07, 6.45) is 16.5. The third-order valence-electron chi connectivity index (χ3n) is 3.19. The van der Waals surface area contributed by atoms with Crippen LogP contribution in [0.4, 0.5) is 0 Å². The molecule has 0 aliphatic carbocycles. The van der Waals surface area contributed by atoms with E-state index in [4.69, 9.17) is 0 Å². The lowest BCUT2D eigenvalue weighted by molar-refractivity contribution is 0.547. The molecule has 0 unspecified atom stereocenters. The molecular formula is C15H33NS. The number of unbranched alkanes of at least 4 members (excludes halogenated alkanes) is 9. The first-order valence-electron chi connectivity index (χ1n) is 7.61. The molecule has 0 saturated heterocycles. The van der Waals surface area contributed by atoms with Gasteiger partial charge in [-0.05, 0) is 19.2 Å². The zero-order chi connectivity index (χ0) is 12.6. The summed E-state index contributed by atoms with van der Waals surface area (Å²) in [5.41, 5.74) is 0. The molecule has 0 aromatic heterocycles. The van der Waals surface area contributed by atoms with Crippen LogP contribution in [-0.2, 0) is 0 Å². The minimum Gasteiger partial charge on any atom is -0.316 e. The van der Waals surface area contributed by atoms with Gasteiger partial charge in [0, 0.05) is 12.3 Å². The molecule has 0 amide bonds. The first-order valence-corrected chi connectivity index (χ1v) is 9.00. The quantitative estimate of drug-likeness (QED) is 0.447. The Morgan fingerprint density at radius 1 is 0.706 bits per heavy atom. The predicted molar refractivity (Wildman–Crippen MR) is 83.1 cm³/mol. The van der Waals surface area contributed by atoms with Gasteiger partial charge in [-0.3, -0.25) is 0 Å². The van der Waals surface area contributed by atoms with Gasteiger partial charge in [0.2, 0.25) is 0 Å². The van der Waals surface area contributed by atoms with Crippen molar-refractivity contribution < 1.29 is 0 Å². The standard InChI is InChI=1S/C15H33NS/c1-3-4-5-6-7-8-9-10-11-12-13-16-14-15-17-2/h16H,3-15H2,1-2H3. The van der Waals surface area contributed by atoms with Crippen molar-refractivity contribution in [2.45, 2.75) is 71.1 Å². The Labute approximate surface area is 114 Å². The van der Waals surface area contributed by atoms with E-state index in [1.165, 1.54) is 83.1 Å². The number of nitrogens with one attached hydrogen (secondary N) is 1. The molecule has 104 valence electrons. The molecule has 0 aromatic rings. The molecule has 2 heteroatoms. The Bertz CT molecular complexity index is 114. The average Bonchev–Trinajstić information content (AvgIpc) is 2.35. The largest absolute Gasteiger partial charge is 0.316 e. The Morgan fingerprint density at radius 2 is 1.24 bits per heavy atom. The molecule has 0 rings (SSSR count). The molecule has 0 aromatic carbocycles. The molecule has 0 fully saturated rings. The lowest BCUT2D eigenvalue weighted by atomic mass is 10.1. The summed E-state index contributed by atoms with van der Waals surface area (Å²) in [7, 11) is 0. The van der Waals surface area contributed by atoms with Crippen molar-refractivity contribution in [2.24, 2.45) is 0 Å². The summed E-state index contributed by atoms with van der Waals surface area (Å²) >= 11 is 1.92. The van der Waals surface area contributed by atoms with Crippen LogP contribution in [0, 0.1) is 0 Å². The van der Waals surface area contributed by atoms with Gasteiger partial charge in [0.1, 0.15) is 0 Å². The van der Waals surface area contributed by atoms with Gasteiger partial charge in [-0.25, -0.2) is 0 Å². The van der Waals surface area contributed by atoms with E-state index < -0.39 is 0 Å². The fourth-order valence-corrected chi connectivity index (χ4v) is 2.39. The fraction of sp³-hybridized carbons (Fsp3) is 1.00. The van der Waals surface area contributed by atoms with Gasteiger partial charge < -0.3 is 5.32 Å². The molecule has 0 heterocycles. The predicted octanol–water partition coefficient (Wildman–Crippen LogP) is 4.86. The molecule has 0 aliphatic rings. The van der Waals surface area contributed by atoms with E-state index in [9.17, 15) is 0 Å². The van der Waals surface area contributed by atoms with Gasteiger partial charge in [-0.2, -0.15) is 11.8 Å². The van der Waals surface area contributed by atoms with Gasteiger partial charge in [0.05, 0.1) is 0 Å². The van der Waals surface area contributed by atoms with Crippen LogP contribution in [0.2, 0.25) is 0 Å². The smallest absolute Gasteiger partial charge is 0.00553 e. The maximum Gasteiger partial charge on any atom is 0.00553 e. The zero-order valence-electron chi connectivity index (χ0n) is 12.1. The molecule has 17 heavy (non-hydrogen) atoms. The minimum atomic E-state index is 1.18. The molecule has 1 nitrogen and oxygen atoms in total. The molecule has 1 N–H and O–H groups in total. The maximum absolute atomic E-state index is 3.49. The summed E-state index contributed by atoms with van der Waals surface area (Å²) < 4.78 is 0. The number of hydrogen-bond donors (Lipinski definition) is 1. The molecule has 0 saturated carbocycles. The molecule has 0 spiro atoms. The molecule has 0 atom stereocenters. The number of thioether (sulfide) groups is 1. The molecular weight excluding hydrogens is 226 g/mol. The second-order valence-electron chi connectivity index (χ2n) is 4.92. The summed E-state index contributed by atoms with van der Waals surface area (Å²) in [5.74, 6) is 1.25. The summed E-state index contributed by atoms with van der Waals surface area (Å²) in [5, 5.41) is 3.49. The lowest BCUT2D eigenvalue weighted by Crippen LogP contribution is -2.18. The second kappa shape index (κ2) is 16.3. The molecule has 0 radical (unpaired) electrons. The van der Waals surface area contributed by atoms with E-state index >= 15 is 0 Å². The Kier molecular flexibility index (Phi) is 16.6. The highest BCUT2D eigenvalue weighted by Gasteiger charge is 1.92. The third-order valence-corrected chi connectivity index (χ3v) is 3.80. The van der Waals surface area contributed by atoms with Gasteiger partial charge >= 0.3 is 0 Å². The van der Waals surface area contributed by atoms with Crippen LogP contribution in [0.1, 0.15) is 71.1 Å². The monoisotopic (exact) mass is 259 g/mol. The van der Waals surface area contributed by atoms with E-state index in [0.717, 1.165) is 0 Å². The van der Waals surface area contributed by atoms with E-state index in [0.29, 0.717) is 0 Å². The SMILES string of the molecule is CCCCCCCCCCCCNCCSC. The van der Waals surface area contributed by atoms with Crippen LogP contribution < -0.4 is 5.32 Å². The van der Waals surface area contributed by atoms with E-state index in [1.54, 1.807) is 0 Å². The second-order valence-corrected chi connectivity index (χ2v) is 5.91. The zero-order valence-corrected chi connectivity index (χ0v) is 12.9. The van der Waals surface area contributed by atoms with E-state index in [2.05, 4.69) is 18.5 Å². The van der Waals surface area contributed by atoms with Crippen LogP contribution >= 0.6 is 11.8 Å². The topological polar surface area (TPSA) is 12.0 Å². The van der Waals surface area contributed by atoms with Crippen LogP contribution in [-0.4, -0.2) is 25.1 Å². The fourth-order valence-electron chi connectivity index (χ4n) is 2.04. The van der Waals surface area contributed by atoms with Gasteiger partial charge in [-0.15, -0.1) is 0 Å². The van der Waals surface area contributed by atoms with Crippen molar-refractivity contribution >= 4 is 11.8 Å². The van der Waals surface area contributed by atoms with Crippen molar-refractivity contribution in [1.82, 2.24) is 5.32 Å². The lowest BCUT2D eigenvalue weighted by Gasteiger charge is -2.04. The normalized spacial score (nSPS) is 10.9. The summed E-state index contributed by atoms with van der Waals surface area (Å²) in [6.45, 7) is 4.68. The Hall–Kier alpha value is 0.310. The first kappa shape index (κ1) is 17.3. The van der Waals surface area contributed by atoms with Crippen molar-refractivity contribution in [1.29, 1.82) is 0 Å². The molecule has 0 bridgehead atoms. The van der Waals surface area contributed by atoms with Crippen LogP contribution in [0.25, 0.3) is 0 Å². The van der Waals surface area contributed by atoms with Crippen molar-refractivity contribution in [2.75, 3.05) is 25.1 Å². The van der Waals surface area contributed by atoms with Crippen molar-refractivity contribution in [3.05, 3.63) is 0 Å². The van der Waals surface area contributed by atoms with Gasteiger partial charge in [0.15, 0.2) is 0 Å². The van der Waals surface area contributed by atoms with Crippen LogP contribution in [0.15, 0.2) is 0 Å². The highest BCUT2D eigenvalue weighted by Crippen LogP contribution is 2.10. The van der Waals surface area contributed by atoms with Crippen LogP contribution in [0.3, 0.4) is 0 Å². The third kappa shape index (κ3) is 16.3. The molecule has 0 aliphatic heterocycles. The number of hydrogen-bond acceptors (Lipinski definition) is 2.